The zero-order chi connectivity index (χ0) is 20.5. The second-order valence-corrected chi connectivity index (χ2v) is 7.75. The van der Waals surface area contributed by atoms with E-state index in [0.717, 1.165) is 46.9 Å². The summed E-state index contributed by atoms with van der Waals surface area (Å²) in [5.74, 6) is 2.26. The third-order valence-corrected chi connectivity index (χ3v) is 5.52. The molecule has 4 aromatic rings. The van der Waals surface area contributed by atoms with Crippen molar-refractivity contribution in [1.29, 1.82) is 0 Å². The van der Waals surface area contributed by atoms with Gasteiger partial charge in [0.25, 0.3) is 5.56 Å². The Morgan fingerprint density at radius 1 is 1.03 bits per heavy atom. The Hall–Kier alpha value is -3.22. The number of nitrogens with zero attached hydrogens (tertiary/aromatic N) is 3. The summed E-state index contributed by atoms with van der Waals surface area (Å²) in [7, 11) is 0. The van der Waals surface area contributed by atoms with Gasteiger partial charge in [0, 0.05) is 48.1 Å². The van der Waals surface area contributed by atoms with Crippen molar-refractivity contribution in [2.75, 3.05) is 6.54 Å². The molecule has 30 heavy (non-hydrogen) atoms. The van der Waals surface area contributed by atoms with Gasteiger partial charge in [-0.2, -0.15) is 0 Å². The zero-order valence-corrected chi connectivity index (χ0v) is 16.9. The largest absolute Gasteiger partial charge is 0.460 e. The summed E-state index contributed by atoms with van der Waals surface area (Å²) in [6, 6.07) is 15.2. The third-order valence-electron chi connectivity index (χ3n) is 5.27. The van der Waals surface area contributed by atoms with Crippen LogP contribution in [0.2, 0.25) is 5.02 Å². The van der Waals surface area contributed by atoms with Crippen LogP contribution in [0.15, 0.2) is 70.1 Å². The van der Waals surface area contributed by atoms with Crippen molar-refractivity contribution >= 4 is 11.6 Å². The lowest BCUT2D eigenvalue weighted by Crippen LogP contribution is -2.35. The van der Waals surface area contributed by atoms with Gasteiger partial charge in [0.05, 0.1) is 17.8 Å². The molecule has 0 unspecified atom stereocenters. The Bertz CT molecular complexity index is 1230. The summed E-state index contributed by atoms with van der Waals surface area (Å²) >= 11 is 5.96. The van der Waals surface area contributed by atoms with Crippen molar-refractivity contribution in [2.45, 2.75) is 19.5 Å². The normalized spacial score (nSPS) is 13.9. The van der Waals surface area contributed by atoms with Crippen molar-refractivity contribution in [3.63, 3.8) is 0 Å². The molecule has 0 spiro atoms. The smallest absolute Gasteiger partial charge is 0.255 e. The number of fused-ring (bicyclic) bond motifs is 1. The molecular weight excluding hydrogens is 400 g/mol. The number of nitrogens with one attached hydrogen (secondary N) is 1. The first-order valence-corrected chi connectivity index (χ1v) is 10.1. The number of hydrogen-bond donors (Lipinski definition) is 1. The van der Waals surface area contributed by atoms with Crippen LogP contribution < -0.4 is 5.56 Å². The van der Waals surface area contributed by atoms with Gasteiger partial charge in [-0.1, -0.05) is 11.6 Å². The Kier molecular flexibility index (Phi) is 4.94. The number of benzene rings is 1. The van der Waals surface area contributed by atoms with Crippen LogP contribution in [0.25, 0.3) is 22.7 Å². The van der Waals surface area contributed by atoms with E-state index in [1.165, 1.54) is 0 Å². The van der Waals surface area contributed by atoms with Crippen molar-refractivity contribution in [2.24, 2.45) is 0 Å². The summed E-state index contributed by atoms with van der Waals surface area (Å²) in [5.41, 5.74) is 3.35. The summed E-state index contributed by atoms with van der Waals surface area (Å²) in [4.78, 5) is 26.5. The summed E-state index contributed by atoms with van der Waals surface area (Å²) < 4.78 is 6.02. The van der Waals surface area contributed by atoms with Gasteiger partial charge in [0.1, 0.15) is 17.3 Å². The minimum atomic E-state index is -0.0854. The van der Waals surface area contributed by atoms with E-state index in [-0.39, 0.29) is 5.56 Å². The number of furan rings is 1. The molecule has 7 heteroatoms. The molecule has 1 N–H and O–H groups in total. The van der Waals surface area contributed by atoms with Crippen LogP contribution in [0.3, 0.4) is 0 Å². The Morgan fingerprint density at radius 2 is 1.83 bits per heavy atom. The van der Waals surface area contributed by atoms with Gasteiger partial charge in [-0.25, -0.2) is 4.98 Å². The first-order chi connectivity index (χ1) is 14.7. The Balaban J connectivity index is 1.33. The minimum Gasteiger partial charge on any atom is -0.460 e. The predicted molar refractivity (Wildman–Crippen MR) is 115 cm³/mol. The molecule has 0 saturated carbocycles. The first kappa shape index (κ1) is 18.8. The van der Waals surface area contributed by atoms with Gasteiger partial charge in [-0.15, -0.1) is 0 Å². The van der Waals surface area contributed by atoms with Gasteiger partial charge in [-0.05, 0) is 48.5 Å². The van der Waals surface area contributed by atoms with Crippen LogP contribution in [0.5, 0.6) is 0 Å². The highest BCUT2D eigenvalue weighted by atomic mass is 35.5. The number of halogens is 1. The minimum absolute atomic E-state index is 0.0854. The molecule has 150 valence electrons. The van der Waals surface area contributed by atoms with E-state index in [1.54, 1.807) is 12.4 Å². The standard InChI is InChI=1S/C23H19ClN4O2/c24-17-3-1-15(2-4-17)21-6-5-18(30-21)13-28-12-9-20-19(14-28)23(29)27-22(26-20)16-7-10-25-11-8-16/h1-8,10-11H,9,12-14H2,(H,26,27,29). The van der Waals surface area contributed by atoms with Gasteiger partial charge in [0.2, 0.25) is 0 Å². The van der Waals surface area contributed by atoms with E-state index in [2.05, 4.69) is 14.9 Å². The molecule has 1 aliphatic rings. The number of rotatable bonds is 4. The van der Waals surface area contributed by atoms with E-state index >= 15 is 0 Å². The molecule has 0 amide bonds. The molecule has 0 saturated heterocycles. The van der Waals surface area contributed by atoms with Crippen LogP contribution in [-0.2, 0) is 19.5 Å². The second kappa shape index (κ2) is 7.89. The van der Waals surface area contributed by atoms with Gasteiger partial charge in [0.15, 0.2) is 0 Å². The average molecular weight is 419 g/mol. The quantitative estimate of drug-likeness (QED) is 0.534. The van der Waals surface area contributed by atoms with Crippen molar-refractivity contribution in [3.05, 3.63) is 93.3 Å². The highest BCUT2D eigenvalue weighted by Crippen LogP contribution is 2.25. The summed E-state index contributed by atoms with van der Waals surface area (Å²) in [6.07, 6.45) is 4.11. The number of pyridine rings is 1. The van der Waals surface area contributed by atoms with E-state index in [9.17, 15) is 4.79 Å². The molecule has 6 nitrogen and oxygen atoms in total. The highest BCUT2D eigenvalue weighted by molar-refractivity contribution is 6.30. The highest BCUT2D eigenvalue weighted by Gasteiger charge is 2.22. The van der Waals surface area contributed by atoms with E-state index in [1.807, 2.05) is 48.5 Å². The second-order valence-electron chi connectivity index (χ2n) is 7.31. The van der Waals surface area contributed by atoms with Gasteiger partial charge >= 0.3 is 0 Å². The van der Waals surface area contributed by atoms with Crippen LogP contribution >= 0.6 is 11.6 Å². The lowest BCUT2D eigenvalue weighted by Gasteiger charge is -2.26. The molecule has 0 radical (unpaired) electrons. The maximum Gasteiger partial charge on any atom is 0.255 e. The molecule has 0 aliphatic carbocycles. The molecule has 3 aromatic heterocycles. The molecule has 0 bridgehead atoms. The van der Waals surface area contributed by atoms with Crippen LogP contribution in [0.4, 0.5) is 0 Å². The monoisotopic (exact) mass is 418 g/mol. The van der Waals surface area contributed by atoms with Crippen molar-refractivity contribution in [3.8, 4) is 22.7 Å². The lowest BCUT2D eigenvalue weighted by atomic mass is 10.1. The zero-order valence-electron chi connectivity index (χ0n) is 16.1. The fraction of sp³-hybridized carbons (Fsp3) is 0.174. The van der Waals surface area contributed by atoms with E-state index < -0.39 is 0 Å². The Morgan fingerprint density at radius 3 is 2.63 bits per heavy atom. The SMILES string of the molecule is O=c1[nH]c(-c2ccncc2)nc2c1CN(Cc1ccc(-c3ccc(Cl)cc3)o1)CC2. The van der Waals surface area contributed by atoms with E-state index in [4.69, 9.17) is 21.0 Å². The molecule has 0 fully saturated rings. The fourth-order valence-corrected chi connectivity index (χ4v) is 3.84. The fourth-order valence-electron chi connectivity index (χ4n) is 3.71. The average Bonchev–Trinajstić information content (AvgIpc) is 3.23. The molecule has 0 atom stereocenters. The third kappa shape index (κ3) is 3.79. The maximum atomic E-state index is 12.7. The van der Waals surface area contributed by atoms with Crippen LogP contribution in [0.1, 0.15) is 17.0 Å². The number of aromatic nitrogens is 3. The Labute approximate surface area is 178 Å². The predicted octanol–water partition coefficient (Wildman–Crippen LogP) is 4.30. The molecule has 4 heterocycles. The van der Waals surface area contributed by atoms with Crippen LogP contribution in [-0.4, -0.2) is 26.4 Å². The maximum absolute atomic E-state index is 12.7. The summed E-state index contributed by atoms with van der Waals surface area (Å²) in [6.45, 7) is 2.00. The number of H-pyrrole nitrogens is 1. The van der Waals surface area contributed by atoms with Crippen molar-refractivity contribution < 1.29 is 4.42 Å². The summed E-state index contributed by atoms with van der Waals surface area (Å²) in [5, 5.41) is 0.698. The molecule has 1 aromatic carbocycles. The van der Waals surface area contributed by atoms with Crippen LogP contribution in [0, 0.1) is 0 Å². The number of hydrogen-bond acceptors (Lipinski definition) is 5. The first-order valence-electron chi connectivity index (χ1n) is 9.75. The van der Waals surface area contributed by atoms with E-state index in [0.29, 0.717) is 23.9 Å². The van der Waals surface area contributed by atoms with Gasteiger partial charge < -0.3 is 9.40 Å². The lowest BCUT2D eigenvalue weighted by molar-refractivity contribution is 0.223. The molecule has 5 rings (SSSR count). The number of aromatic amines is 1. The molecule has 1 aliphatic heterocycles. The topological polar surface area (TPSA) is 75.0 Å². The molecular formula is C23H19ClN4O2. The van der Waals surface area contributed by atoms with Gasteiger partial charge in [-0.3, -0.25) is 14.7 Å². The van der Waals surface area contributed by atoms with Crippen molar-refractivity contribution in [1.82, 2.24) is 19.9 Å².